The number of rotatable bonds is 3. The van der Waals surface area contributed by atoms with Gasteiger partial charge in [0.1, 0.15) is 0 Å². The van der Waals surface area contributed by atoms with E-state index in [2.05, 4.69) is 48.2 Å². The molecule has 0 aliphatic carbocycles. The van der Waals surface area contributed by atoms with E-state index in [9.17, 15) is 4.79 Å². The Morgan fingerprint density at radius 1 is 1.10 bits per heavy atom. The highest BCUT2D eigenvalue weighted by atomic mass is 16.1. The Kier molecular flexibility index (Phi) is 4.04. The van der Waals surface area contributed by atoms with Crippen LogP contribution in [0.1, 0.15) is 5.56 Å². The number of hydrogen-bond donors (Lipinski definition) is 0. The number of fused-ring (bicyclic) bond motifs is 1. The summed E-state index contributed by atoms with van der Waals surface area (Å²) < 4.78 is 0. The molecule has 21 heavy (non-hydrogen) atoms. The summed E-state index contributed by atoms with van der Waals surface area (Å²) in [6.07, 6.45) is 0.518. The fraction of sp³-hybridized carbons (Fsp3) is 0.389. The smallest absolute Gasteiger partial charge is 0.155 e. The van der Waals surface area contributed by atoms with E-state index in [0.717, 1.165) is 25.2 Å². The van der Waals surface area contributed by atoms with Crippen molar-refractivity contribution >= 4 is 16.6 Å². The monoisotopic (exact) mass is 282 g/mol. The molecule has 1 aliphatic rings. The van der Waals surface area contributed by atoms with Crippen molar-refractivity contribution in [2.45, 2.75) is 12.5 Å². The molecule has 1 fully saturated rings. The molecule has 0 bridgehead atoms. The van der Waals surface area contributed by atoms with Crippen LogP contribution in [0.2, 0.25) is 0 Å². The summed E-state index contributed by atoms with van der Waals surface area (Å²) in [5.41, 5.74) is 1.14. The van der Waals surface area contributed by atoms with Crippen LogP contribution < -0.4 is 0 Å². The first-order valence-electron chi connectivity index (χ1n) is 7.53. The normalized spacial score (nSPS) is 20.8. The van der Waals surface area contributed by atoms with E-state index in [1.807, 2.05) is 18.2 Å². The Hall–Kier alpha value is -1.71. The molecule has 3 rings (SSSR count). The van der Waals surface area contributed by atoms with E-state index >= 15 is 0 Å². The third kappa shape index (κ3) is 2.99. The number of nitrogens with zero attached hydrogens (tertiary/aromatic N) is 2. The molecule has 3 nitrogen and oxygen atoms in total. The second-order valence-electron chi connectivity index (χ2n) is 6.04. The molecule has 3 heteroatoms. The van der Waals surface area contributed by atoms with E-state index in [4.69, 9.17) is 0 Å². The topological polar surface area (TPSA) is 23.6 Å². The summed E-state index contributed by atoms with van der Waals surface area (Å²) in [4.78, 5) is 17.1. The summed E-state index contributed by atoms with van der Waals surface area (Å²) >= 11 is 0. The Morgan fingerprint density at radius 2 is 1.86 bits per heavy atom. The number of benzene rings is 2. The van der Waals surface area contributed by atoms with Gasteiger partial charge in [-0.3, -0.25) is 9.69 Å². The minimum atomic E-state index is 0.0164. The minimum absolute atomic E-state index is 0.0164. The first-order valence-corrected chi connectivity index (χ1v) is 7.53. The van der Waals surface area contributed by atoms with Crippen molar-refractivity contribution in [3.05, 3.63) is 48.0 Å². The fourth-order valence-electron chi connectivity index (χ4n) is 3.11. The van der Waals surface area contributed by atoms with E-state index < -0.39 is 0 Å². The number of hydrogen-bond acceptors (Lipinski definition) is 3. The Balaban J connectivity index is 1.83. The van der Waals surface area contributed by atoms with Crippen LogP contribution in [-0.4, -0.2) is 55.4 Å². The highest BCUT2D eigenvalue weighted by molar-refractivity contribution is 5.93. The number of carbonyl (C=O) groups is 1. The van der Waals surface area contributed by atoms with Crippen molar-refractivity contribution in [3.8, 4) is 0 Å². The van der Waals surface area contributed by atoms with Gasteiger partial charge in [-0.1, -0.05) is 42.5 Å². The highest BCUT2D eigenvalue weighted by Gasteiger charge is 2.28. The molecule has 0 amide bonds. The Labute approximate surface area is 126 Å². The van der Waals surface area contributed by atoms with Crippen molar-refractivity contribution in [1.82, 2.24) is 9.80 Å². The Bertz CT molecular complexity index is 647. The summed E-state index contributed by atoms with van der Waals surface area (Å²) in [6, 6.07) is 14.5. The van der Waals surface area contributed by atoms with Crippen molar-refractivity contribution in [2.75, 3.05) is 33.7 Å². The lowest BCUT2D eigenvalue weighted by Crippen LogP contribution is -2.53. The van der Waals surface area contributed by atoms with Crippen LogP contribution in [0.3, 0.4) is 0 Å². The molecule has 1 unspecified atom stereocenters. The molecule has 2 aromatic rings. The number of carbonyl (C=O) groups excluding carboxylic acids is 1. The van der Waals surface area contributed by atoms with Crippen LogP contribution >= 0.6 is 0 Å². The summed E-state index contributed by atoms with van der Waals surface area (Å²) in [5, 5.41) is 2.40. The average molecular weight is 282 g/mol. The van der Waals surface area contributed by atoms with Gasteiger partial charge < -0.3 is 4.90 Å². The van der Waals surface area contributed by atoms with Gasteiger partial charge in [-0.05, 0) is 30.4 Å². The van der Waals surface area contributed by atoms with E-state index in [1.165, 1.54) is 10.8 Å². The van der Waals surface area contributed by atoms with Crippen molar-refractivity contribution in [1.29, 1.82) is 0 Å². The maximum Gasteiger partial charge on any atom is 0.155 e. The zero-order valence-electron chi connectivity index (χ0n) is 12.7. The molecule has 1 aliphatic heterocycles. The highest BCUT2D eigenvalue weighted by Crippen LogP contribution is 2.20. The largest absolute Gasteiger partial charge is 0.303 e. The first-order chi connectivity index (χ1) is 10.1. The summed E-state index contributed by atoms with van der Waals surface area (Å²) in [7, 11) is 4.14. The molecule has 2 aromatic carbocycles. The van der Waals surface area contributed by atoms with Gasteiger partial charge in [-0.2, -0.15) is 0 Å². The van der Waals surface area contributed by atoms with Crippen LogP contribution in [0.15, 0.2) is 42.5 Å². The van der Waals surface area contributed by atoms with Crippen LogP contribution in [0.4, 0.5) is 0 Å². The van der Waals surface area contributed by atoms with E-state index in [-0.39, 0.29) is 6.04 Å². The molecule has 1 saturated heterocycles. The van der Waals surface area contributed by atoms with Gasteiger partial charge in [0.15, 0.2) is 5.78 Å². The lowest BCUT2D eigenvalue weighted by Gasteiger charge is -2.36. The fourth-order valence-corrected chi connectivity index (χ4v) is 3.11. The predicted molar refractivity (Wildman–Crippen MR) is 86.6 cm³/mol. The van der Waals surface area contributed by atoms with Crippen molar-refractivity contribution < 1.29 is 4.79 Å². The molecule has 0 spiro atoms. The molecule has 110 valence electrons. The molecule has 0 N–H and O–H groups in total. The van der Waals surface area contributed by atoms with Gasteiger partial charge in [0.05, 0.1) is 6.04 Å². The van der Waals surface area contributed by atoms with Crippen LogP contribution in [0, 0.1) is 0 Å². The van der Waals surface area contributed by atoms with Crippen molar-refractivity contribution in [3.63, 3.8) is 0 Å². The van der Waals surface area contributed by atoms with Crippen LogP contribution in [-0.2, 0) is 11.2 Å². The molecule has 1 atom stereocenters. The van der Waals surface area contributed by atoms with Crippen molar-refractivity contribution in [2.24, 2.45) is 0 Å². The van der Waals surface area contributed by atoms with Gasteiger partial charge in [0.25, 0.3) is 0 Å². The third-order valence-corrected chi connectivity index (χ3v) is 4.47. The van der Waals surface area contributed by atoms with E-state index in [1.54, 1.807) is 0 Å². The third-order valence-electron chi connectivity index (χ3n) is 4.47. The minimum Gasteiger partial charge on any atom is -0.303 e. The number of likely N-dealkylation sites (N-methyl/N-ethyl adjacent to an activating group) is 2. The number of ketones is 1. The average Bonchev–Trinajstić information content (AvgIpc) is 2.50. The SMILES string of the molecule is CN1CCN(C)C(C(=O)Cc2cccc3ccccc23)C1. The zero-order chi connectivity index (χ0) is 14.8. The van der Waals surface area contributed by atoms with Crippen LogP contribution in [0.5, 0.6) is 0 Å². The Morgan fingerprint density at radius 3 is 2.71 bits per heavy atom. The standard InChI is InChI=1S/C18H22N2O/c1-19-10-11-20(2)17(13-19)18(21)12-15-8-5-7-14-6-3-4-9-16(14)15/h3-9,17H,10-13H2,1-2H3. The lowest BCUT2D eigenvalue weighted by molar-refractivity contribution is -0.125. The first kappa shape index (κ1) is 14.2. The van der Waals surface area contributed by atoms with Gasteiger partial charge in [-0.25, -0.2) is 0 Å². The molecule has 0 saturated carbocycles. The number of piperazine rings is 1. The molecular weight excluding hydrogens is 260 g/mol. The summed E-state index contributed by atoms with van der Waals surface area (Å²) in [5.74, 6) is 0.320. The lowest BCUT2D eigenvalue weighted by atomic mass is 9.96. The second kappa shape index (κ2) is 5.96. The molecule has 0 radical (unpaired) electrons. The molecule has 0 aromatic heterocycles. The second-order valence-corrected chi connectivity index (χ2v) is 6.04. The van der Waals surface area contributed by atoms with Gasteiger partial charge in [0.2, 0.25) is 0 Å². The van der Waals surface area contributed by atoms with Gasteiger partial charge in [-0.15, -0.1) is 0 Å². The van der Waals surface area contributed by atoms with Gasteiger partial charge in [0, 0.05) is 26.1 Å². The number of Topliss-reactive ketones (excluding diaryl/α,β-unsaturated/α-hetero) is 1. The van der Waals surface area contributed by atoms with E-state index in [0.29, 0.717) is 12.2 Å². The zero-order valence-corrected chi connectivity index (χ0v) is 12.7. The molecular formula is C18H22N2O. The predicted octanol–water partition coefficient (Wildman–Crippen LogP) is 2.20. The maximum atomic E-state index is 12.7. The van der Waals surface area contributed by atoms with Crippen LogP contribution in [0.25, 0.3) is 10.8 Å². The maximum absolute atomic E-state index is 12.7. The quantitative estimate of drug-likeness (QED) is 0.862. The summed E-state index contributed by atoms with van der Waals surface area (Å²) in [6.45, 7) is 2.83. The van der Waals surface area contributed by atoms with Gasteiger partial charge >= 0.3 is 0 Å². The molecule has 1 heterocycles.